The van der Waals surface area contributed by atoms with Crippen LogP contribution in [0.2, 0.25) is 0 Å². The van der Waals surface area contributed by atoms with E-state index in [1.165, 1.54) is 18.4 Å². The van der Waals surface area contributed by atoms with E-state index in [0.29, 0.717) is 0 Å². The Hall–Kier alpha value is -1.39. The number of guanidine groups is 1. The molecule has 2 N–H and O–H groups in total. The van der Waals surface area contributed by atoms with E-state index >= 15 is 0 Å². The molecule has 8 heteroatoms. The number of benzene rings is 1. The van der Waals surface area contributed by atoms with E-state index in [0.717, 1.165) is 75.6 Å². The number of para-hydroxylation sites is 2. The summed E-state index contributed by atoms with van der Waals surface area (Å²) < 4.78 is 7.53. The number of aromatic nitrogens is 2. The number of ether oxygens (including phenoxy) is 1. The molecule has 1 aromatic carbocycles. The minimum Gasteiger partial charge on any atom is -0.383 e. The summed E-state index contributed by atoms with van der Waals surface area (Å²) in [6, 6.07) is 9.07. The molecule has 1 fully saturated rings. The maximum Gasteiger partial charge on any atom is 0.191 e. The van der Waals surface area contributed by atoms with Gasteiger partial charge in [-0.05, 0) is 45.2 Å². The Morgan fingerprint density at radius 2 is 2.07 bits per heavy atom. The van der Waals surface area contributed by atoms with Gasteiger partial charge in [0.25, 0.3) is 0 Å². The molecular weight excluding hydrogens is 491 g/mol. The summed E-state index contributed by atoms with van der Waals surface area (Å²) in [6.07, 6.45) is 3.63. The fraction of sp³-hybridized carbons (Fsp3) is 0.636. The molecule has 1 aliphatic carbocycles. The van der Waals surface area contributed by atoms with Gasteiger partial charge in [0.1, 0.15) is 5.82 Å². The first-order valence-electron chi connectivity index (χ1n) is 10.9. The van der Waals surface area contributed by atoms with E-state index in [2.05, 4.69) is 57.1 Å². The quantitative estimate of drug-likeness (QED) is 0.192. The van der Waals surface area contributed by atoms with Crippen molar-refractivity contribution in [3.63, 3.8) is 0 Å². The number of fused-ring (bicyclic) bond motifs is 1. The van der Waals surface area contributed by atoms with Crippen LogP contribution in [0.15, 0.2) is 29.3 Å². The van der Waals surface area contributed by atoms with Crippen LogP contribution in [0.25, 0.3) is 11.0 Å². The average Bonchev–Trinajstić information content (AvgIpc) is 3.51. The molecule has 1 aromatic heterocycles. The highest BCUT2D eigenvalue weighted by Crippen LogP contribution is 2.25. The van der Waals surface area contributed by atoms with Crippen LogP contribution in [-0.2, 0) is 11.3 Å². The van der Waals surface area contributed by atoms with Crippen LogP contribution in [0.3, 0.4) is 0 Å². The second-order valence-corrected chi connectivity index (χ2v) is 7.60. The monoisotopic (exact) mass is 528 g/mol. The van der Waals surface area contributed by atoms with Crippen LogP contribution in [0.4, 0.5) is 0 Å². The van der Waals surface area contributed by atoms with Gasteiger partial charge in [0, 0.05) is 52.4 Å². The van der Waals surface area contributed by atoms with Gasteiger partial charge >= 0.3 is 0 Å². The van der Waals surface area contributed by atoms with Crippen molar-refractivity contribution in [2.45, 2.75) is 45.7 Å². The number of rotatable bonds is 12. The molecule has 1 aliphatic rings. The molecule has 0 bridgehead atoms. The molecule has 0 amide bonds. The first-order chi connectivity index (χ1) is 14.2. The zero-order valence-corrected chi connectivity index (χ0v) is 20.9. The lowest BCUT2D eigenvalue weighted by molar-refractivity contribution is 0.144. The molecule has 0 radical (unpaired) electrons. The Bertz CT molecular complexity index is 789. The van der Waals surface area contributed by atoms with Crippen molar-refractivity contribution < 1.29 is 4.74 Å². The first-order valence-corrected chi connectivity index (χ1v) is 10.9. The lowest BCUT2D eigenvalue weighted by Crippen LogP contribution is -2.42. The van der Waals surface area contributed by atoms with Gasteiger partial charge in [-0.3, -0.25) is 9.89 Å². The fourth-order valence-corrected chi connectivity index (χ4v) is 3.68. The molecule has 168 valence electrons. The van der Waals surface area contributed by atoms with Gasteiger partial charge in [0.15, 0.2) is 5.96 Å². The van der Waals surface area contributed by atoms with Gasteiger partial charge in [-0.1, -0.05) is 12.1 Å². The van der Waals surface area contributed by atoms with Crippen molar-refractivity contribution in [1.82, 2.24) is 25.1 Å². The van der Waals surface area contributed by atoms with E-state index in [9.17, 15) is 0 Å². The summed E-state index contributed by atoms with van der Waals surface area (Å²) >= 11 is 0. The molecular formula is C22H37IN6O. The van der Waals surface area contributed by atoms with Crippen LogP contribution in [0.5, 0.6) is 0 Å². The van der Waals surface area contributed by atoms with Crippen molar-refractivity contribution >= 4 is 41.0 Å². The van der Waals surface area contributed by atoms with Crippen LogP contribution < -0.4 is 10.6 Å². The van der Waals surface area contributed by atoms with Crippen molar-refractivity contribution in [3.8, 4) is 0 Å². The average molecular weight is 528 g/mol. The summed E-state index contributed by atoms with van der Waals surface area (Å²) in [5, 5.41) is 6.84. The third kappa shape index (κ3) is 7.39. The normalized spacial score (nSPS) is 14.2. The molecule has 0 atom stereocenters. The van der Waals surface area contributed by atoms with Crippen LogP contribution >= 0.6 is 24.0 Å². The van der Waals surface area contributed by atoms with E-state index in [1.807, 2.05) is 6.07 Å². The molecule has 1 heterocycles. The predicted octanol–water partition coefficient (Wildman–Crippen LogP) is 3.02. The van der Waals surface area contributed by atoms with Crippen molar-refractivity contribution in [1.29, 1.82) is 0 Å². The number of halogens is 1. The highest BCUT2D eigenvalue weighted by molar-refractivity contribution is 14.0. The second-order valence-electron chi connectivity index (χ2n) is 7.60. The third-order valence-electron chi connectivity index (χ3n) is 5.34. The first kappa shape index (κ1) is 24.9. The van der Waals surface area contributed by atoms with Crippen LogP contribution in [0.1, 0.15) is 32.0 Å². The number of nitrogens with one attached hydrogen (secondary N) is 2. The molecule has 3 rings (SSSR count). The van der Waals surface area contributed by atoms with Crippen LogP contribution in [0, 0.1) is 6.92 Å². The predicted molar refractivity (Wildman–Crippen MR) is 135 cm³/mol. The number of hydrogen-bond donors (Lipinski definition) is 2. The number of hydrogen-bond acceptors (Lipinski definition) is 4. The number of aryl methyl sites for hydroxylation is 2. The van der Waals surface area contributed by atoms with E-state index in [1.54, 1.807) is 7.11 Å². The topological polar surface area (TPSA) is 66.7 Å². The minimum absolute atomic E-state index is 0. The maximum absolute atomic E-state index is 5.24. The number of aliphatic imine (C=N–C) groups is 1. The van der Waals surface area contributed by atoms with Crippen molar-refractivity contribution in [2.24, 2.45) is 4.99 Å². The lowest BCUT2D eigenvalue weighted by Gasteiger charge is -2.22. The molecule has 0 unspecified atom stereocenters. The van der Waals surface area contributed by atoms with Gasteiger partial charge in [0.2, 0.25) is 0 Å². The van der Waals surface area contributed by atoms with E-state index in [4.69, 9.17) is 9.73 Å². The summed E-state index contributed by atoms with van der Waals surface area (Å²) in [5.74, 6) is 1.97. The van der Waals surface area contributed by atoms with Gasteiger partial charge in [0.05, 0.1) is 17.6 Å². The summed E-state index contributed by atoms with van der Waals surface area (Å²) in [6.45, 7) is 10.5. The van der Waals surface area contributed by atoms with E-state index < -0.39 is 0 Å². The van der Waals surface area contributed by atoms with Gasteiger partial charge in [-0.15, -0.1) is 24.0 Å². The largest absolute Gasteiger partial charge is 0.383 e. The fourth-order valence-electron chi connectivity index (χ4n) is 3.68. The molecule has 0 spiro atoms. The van der Waals surface area contributed by atoms with Crippen molar-refractivity contribution in [2.75, 3.05) is 46.4 Å². The zero-order chi connectivity index (χ0) is 20.5. The molecule has 2 aromatic rings. The zero-order valence-electron chi connectivity index (χ0n) is 18.6. The summed E-state index contributed by atoms with van der Waals surface area (Å²) in [4.78, 5) is 11.9. The summed E-state index contributed by atoms with van der Waals surface area (Å²) in [7, 11) is 1.77. The summed E-state index contributed by atoms with van der Waals surface area (Å²) in [5.41, 5.74) is 2.27. The van der Waals surface area contributed by atoms with Crippen LogP contribution in [-0.4, -0.2) is 72.9 Å². The smallest absolute Gasteiger partial charge is 0.191 e. The van der Waals surface area contributed by atoms with E-state index in [-0.39, 0.29) is 24.0 Å². The van der Waals surface area contributed by atoms with Gasteiger partial charge in [-0.25, -0.2) is 4.98 Å². The molecule has 7 nitrogen and oxygen atoms in total. The SMILES string of the molecule is CCNC(=NCCCn1c(C)nc2ccccc21)NCCN(CCOC)C1CC1.I. The Kier molecular flexibility index (Phi) is 10.9. The molecule has 1 saturated carbocycles. The molecule has 0 aliphatic heterocycles. The standard InChI is InChI=1S/C22H36N6O.HI/c1-4-23-22(25-13-15-27(16-17-29-3)19-10-11-19)24-12-7-14-28-18(2)26-20-8-5-6-9-21(20)28;/h5-6,8-9,19H,4,7,10-17H2,1-3H3,(H2,23,24,25);1H. The Morgan fingerprint density at radius 1 is 1.27 bits per heavy atom. The third-order valence-corrected chi connectivity index (χ3v) is 5.34. The highest BCUT2D eigenvalue weighted by Gasteiger charge is 2.28. The minimum atomic E-state index is 0. The highest BCUT2D eigenvalue weighted by atomic mass is 127. The molecule has 30 heavy (non-hydrogen) atoms. The number of imidazole rings is 1. The number of nitrogens with zero attached hydrogens (tertiary/aromatic N) is 4. The maximum atomic E-state index is 5.24. The lowest BCUT2D eigenvalue weighted by atomic mass is 10.3. The van der Waals surface area contributed by atoms with Gasteiger partial charge in [-0.2, -0.15) is 0 Å². The Balaban J connectivity index is 0.00000320. The molecule has 0 saturated heterocycles. The second kappa shape index (κ2) is 13.1. The Labute approximate surface area is 197 Å². The van der Waals surface area contributed by atoms with Crippen molar-refractivity contribution in [3.05, 3.63) is 30.1 Å². The number of methoxy groups -OCH3 is 1. The van der Waals surface area contributed by atoms with Gasteiger partial charge < -0.3 is 19.9 Å². The Morgan fingerprint density at radius 3 is 2.80 bits per heavy atom.